The third-order valence-corrected chi connectivity index (χ3v) is 5.20. The summed E-state index contributed by atoms with van der Waals surface area (Å²) < 4.78 is 0. The second-order valence-corrected chi connectivity index (χ2v) is 5.69. The highest BCUT2D eigenvalue weighted by Crippen LogP contribution is 2.60. The molecule has 0 aromatic heterocycles. The van der Waals surface area contributed by atoms with Crippen molar-refractivity contribution in [3.8, 4) is 0 Å². The van der Waals surface area contributed by atoms with Gasteiger partial charge in [0.1, 0.15) is 0 Å². The first-order chi connectivity index (χ1) is 6.83. The Morgan fingerprint density at radius 2 is 1.29 bits per heavy atom. The van der Waals surface area contributed by atoms with Gasteiger partial charge in [-0.2, -0.15) is 0 Å². The molecule has 2 heteroatoms. The van der Waals surface area contributed by atoms with Gasteiger partial charge in [-0.3, -0.25) is 0 Å². The summed E-state index contributed by atoms with van der Waals surface area (Å²) in [5, 5.41) is 18.5. The third-order valence-electron chi connectivity index (χ3n) is 5.20. The molecule has 2 N–H and O–H groups in total. The van der Waals surface area contributed by atoms with Gasteiger partial charge < -0.3 is 10.2 Å². The summed E-state index contributed by atoms with van der Waals surface area (Å²) in [6, 6.07) is 0. The molecule has 2 bridgehead atoms. The highest BCUT2D eigenvalue weighted by Gasteiger charge is 2.54. The Morgan fingerprint density at radius 1 is 0.714 bits per heavy atom. The first-order valence-corrected chi connectivity index (χ1v) is 6.05. The van der Waals surface area contributed by atoms with E-state index in [1.807, 2.05) is 0 Å². The van der Waals surface area contributed by atoms with Crippen molar-refractivity contribution in [2.45, 2.75) is 25.7 Å². The Labute approximate surface area is 85.3 Å². The van der Waals surface area contributed by atoms with E-state index in [1.54, 1.807) is 0 Å². The SMILES string of the molecule is OCC1CC2CC1C1CC(CO)C1C2. The molecule has 0 aliphatic heterocycles. The van der Waals surface area contributed by atoms with Crippen molar-refractivity contribution in [3.63, 3.8) is 0 Å². The van der Waals surface area contributed by atoms with Crippen molar-refractivity contribution < 1.29 is 10.2 Å². The number of rotatable bonds is 2. The summed E-state index contributed by atoms with van der Waals surface area (Å²) in [6.45, 7) is 0.790. The van der Waals surface area contributed by atoms with Crippen molar-refractivity contribution in [3.05, 3.63) is 0 Å². The fourth-order valence-corrected chi connectivity index (χ4v) is 4.51. The Hall–Kier alpha value is -0.0800. The summed E-state index contributed by atoms with van der Waals surface area (Å²) in [5.74, 6) is 4.51. The van der Waals surface area contributed by atoms with Crippen LogP contribution in [0.5, 0.6) is 0 Å². The molecule has 3 rings (SSSR count). The maximum absolute atomic E-state index is 9.31. The van der Waals surface area contributed by atoms with E-state index in [-0.39, 0.29) is 0 Å². The van der Waals surface area contributed by atoms with Crippen LogP contribution in [0.4, 0.5) is 0 Å². The molecule has 3 aliphatic rings. The topological polar surface area (TPSA) is 40.5 Å². The Balaban J connectivity index is 1.74. The molecule has 0 radical (unpaired) electrons. The van der Waals surface area contributed by atoms with Gasteiger partial charge in [0.2, 0.25) is 0 Å². The van der Waals surface area contributed by atoms with Gasteiger partial charge in [-0.15, -0.1) is 0 Å². The van der Waals surface area contributed by atoms with Crippen LogP contribution in [0, 0.1) is 35.5 Å². The smallest absolute Gasteiger partial charge is 0.0462 e. The largest absolute Gasteiger partial charge is 0.396 e. The number of fused-ring (bicyclic) bond motifs is 4. The molecule has 0 aromatic carbocycles. The minimum absolute atomic E-state index is 0.393. The highest BCUT2D eigenvalue weighted by atomic mass is 16.3. The van der Waals surface area contributed by atoms with Crippen LogP contribution < -0.4 is 0 Å². The van der Waals surface area contributed by atoms with Crippen LogP contribution in [0.15, 0.2) is 0 Å². The lowest BCUT2D eigenvalue weighted by atomic mass is 9.54. The second kappa shape index (κ2) is 3.21. The first-order valence-electron chi connectivity index (χ1n) is 6.05. The van der Waals surface area contributed by atoms with Crippen molar-refractivity contribution >= 4 is 0 Å². The van der Waals surface area contributed by atoms with Gasteiger partial charge in [0.15, 0.2) is 0 Å². The molecule has 0 heterocycles. The molecule has 80 valence electrons. The number of aliphatic hydroxyl groups is 2. The molecule has 6 unspecified atom stereocenters. The molecular formula is C12H20O2. The van der Waals surface area contributed by atoms with E-state index >= 15 is 0 Å². The molecule has 14 heavy (non-hydrogen) atoms. The van der Waals surface area contributed by atoms with Gasteiger partial charge >= 0.3 is 0 Å². The molecule has 2 nitrogen and oxygen atoms in total. The zero-order valence-corrected chi connectivity index (χ0v) is 8.60. The van der Waals surface area contributed by atoms with E-state index in [2.05, 4.69) is 0 Å². The fourth-order valence-electron chi connectivity index (χ4n) is 4.51. The van der Waals surface area contributed by atoms with Gasteiger partial charge in [0, 0.05) is 13.2 Å². The highest BCUT2D eigenvalue weighted by molar-refractivity contribution is 5.03. The third kappa shape index (κ3) is 1.10. The normalized spacial score (nSPS) is 55.3. The van der Waals surface area contributed by atoms with E-state index < -0.39 is 0 Å². The Bertz CT molecular complexity index is 226. The van der Waals surface area contributed by atoms with Gasteiger partial charge in [0.05, 0.1) is 0 Å². The van der Waals surface area contributed by atoms with E-state index in [1.165, 1.54) is 25.7 Å². The van der Waals surface area contributed by atoms with E-state index in [0.29, 0.717) is 25.0 Å². The van der Waals surface area contributed by atoms with Gasteiger partial charge in [0.25, 0.3) is 0 Å². The van der Waals surface area contributed by atoms with Crippen molar-refractivity contribution in [1.29, 1.82) is 0 Å². The summed E-state index contributed by atoms with van der Waals surface area (Å²) in [7, 11) is 0. The minimum Gasteiger partial charge on any atom is -0.396 e. The minimum atomic E-state index is 0.393. The molecule has 0 aromatic rings. The molecule has 0 spiro atoms. The van der Waals surface area contributed by atoms with Crippen molar-refractivity contribution in [2.24, 2.45) is 35.5 Å². The summed E-state index contributed by atoms with van der Waals surface area (Å²) in [5.41, 5.74) is 0. The quantitative estimate of drug-likeness (QED) is 0.698. The van der Waals surface area contributed by atoms with Crippen LogP contribution in [0.2, 0.25) is 0 Å². The fraction of sp³-hybridized carbons (Fsp3) is 1.00. The van der Waals surface area contributed by atoms with Crippen LogP contribution >= 0.6 is 0 Å². The number of hydrogen-bond acceptors (Lipinski definition) is 2. The lowest BCUT2D eigenvalue weighted by Gasteiger charge is -2.51. The van der Waals surface area contributed by atoms with E-state index in [0.717, 1.165) is 23.7 Å². The maximum Gasteiger partial charge on any atom is 0.0462 e. The molecular weight excluding hydrogens is 176 g/mol. The zero-order chi connectivity index (χ0) is 9.71. The number of hydrogen-bond donors (Lipinski definition) is 2. The zero-order valence-electron chi connectivity index (χ0n) is 8.60. The molecule has 3 fully saturated rings. The van der Waals surface area contributed by atoms with Crippen molar-refractivity contribution in [2.75, 3.05) is 13.2 Å². The average Bonchev–Trinajstić information content (AvgIpc) is 2.52. The van der Waals surface area contributed by atoms with Gasteiger partial charge in [-0.25, -0.2) is 0 Å². The first kappa shape index (κ1) is 9.17. The van der Waals surface area contributed by atoms with Gasteiger partial charge in [-0.05, 0) is 61.2 Å². The van der Waals surface area contributed by atoms with E-state index in [4.69, 9.17) is 0 Å². The predicted molar refractivity (Wildman–Crippen MR) is 53.6 cm³/mol. The maximum atomic E-state index is 9.31. The van der Waals surface area contributed by atoms with E-state index in [9.17, 15) is 10.2 Å². The second-order valence-electron chi connectivity index (χ2n) is 5.69. The molecule has 0 amide bonds. The monoisotopic (exact) mass is 196 g/mol. The summed E-state index contributed by atoms with van der Waals surface area (Å²) >= 11 is 0. The van der Waals surface area contributed by atoms with Crippen LogP contribution in [0.3, 0.4) is 0 Å². The molecule has 3 saturated carbocycles. The number of aliphatic hydroxyl groups excluding tert-OH is 2. The van der Waals surface area contributed by atoms with Crippen LogP contribution in [-0.2, 0) is 0 Å². The van der Waals surface area contributed by atoms with Crippen LogP contribution in [0.1, 0.15) is 25.7 Å². The lowest BCUT2D eigenvalue weighted by molar-refractivity contribution is -0.0518. The Morgan fingerprint density at radius 3 is 1.86 bits per heavy atom. The molecule has 3 aliphatic carbocycles. The molecule has 0 saturated heterocycles. The molecule has 6 atom stereocenters. The summed E-state index contributed by atoms with van der Waals surface area (Å²) in [4.78, 5) is 0. The average molecular weight is 196 g/mol. The summed E-state index contributed by atoms with van der Waals surface area (Å²) in [6.07, 6.45) is 5.19. The van der Waals surface area contributed by atoms with Crippen LogP contribution in [0.25, 0.3) is 0 Å². The standard InChI is InChI=1S/C12H20O2/c13-5-8-1-7-2-10(8)12-4-9(6-14)11(12)3-7/h7-14H,1-6H2. The van der Waals surface area contributed by atoms with Crippen molar-refractivity contribution in [1.82, 2.24) is 0 Å². The van der Waals surface area contributed by atoms with Gasteiger partial charge in [-0.1, -0.05) is 0 Å². The lowest BCUT2D eigenvalue weighted by Crippen LogP contribution is -2.46. The predicted octanol–water partition coefficient (Wildman–Crippen LogP) is 1.27. The Kier molecular flexibility index (Phi) is 2.10. The van der Waals surface area contributed by atoms with Crippen LogP contribution in [-0.4, -0.2) is 23.4 Å².